The summed E-state index contributed by atoms with van der Waals surface area (Å²) in [5.74, 6) is 0.732. The number of carbonyl (C=O) groups excluding carboxylic acids is 1. The number of rotatable bonds is 4. The van der Waals surface area contributed by atoms with Crippen LogP contribution in [0.4, 0.5) is 10.1 Å². The van der Waals surface area contributed by atoms with E-state index in [1.54, 1.807) is 35.0 Å². The number of aromatic nitrogens is 6. The fraction of sp³-hybridized carbons (Fsp3) is 0.318. The molecular weight excluding hydrogens is 397 g/mol. The van der Waals surface area contributed by atoms with Crippen LogP contribution in [-0.4, -0.2) is 35.7 Å². The molecule has 2 aromatic heterocycles. The monoisotopic (exact) mass is 419 g/mol. The van der Waals surface area contributed by atoms with E-state index in [9.17, 15) is 9.18 Å². The average molecular weight is 419 g/mol. The normalized spacial score (nSPS) is 13.7. The van der Waals surface area contributed by atoms with Crippen molar-refractivity contribution in [3.8, 4) is 11.4 Å². The predicted octanol–water partition coefficient (Wildman–Crippen LogP) is 3.83. The number of aryl methyl sites for hydroxylation is 2. The van der Waals surface area contributed by atoms with Crippen molar-refractivity contribution in [3.63, 3.8) is 0 Å². The van der Waals surface area contributed by atoms with Gasteiger partial charge in [0.1, 0.15) is 17.2 Å². The highest BCUT2D eigenvalue weighted by Crippen LogP contribution is 2.27. The predicted molar refractivity (Wildman–Crippen MR) is 114 cm³/mol. The standard InChI is InChI=1S/C22H22FN7O/c1-2-30-19-10-8-15(13-18(19)25-28-30)22(31)24-17-12-14(7-9-16(17)23)21-27-26-20-6-4-3-5-11-29(20)21/h7-10,12-13H,2-6,11H2,1H3,(H,24,31). The Morgan fingerprint density at radius 3 is 2.87 bits per heavy atom. The molecule has 0 bridgehead atoms. The molecule has 31 heavy (non-hydrogen) atoms. The summed E-state index contributed by atoms with van der Waals surface area (Å²) in [4.78, 5) is 12.8. The number of nitrogens with zero attached hydrogens (tertiary/aromatic N) is 6. The summed E-state index contributed by atoms with van der Waals surface area (Å²) in [6.45, 7) is 3.50. The molecule has 0 aliphatic carbocycles. The van der Waals surface area contributed by atoms with Gasteiger partial charge in [0.25, 0.3) is 5.91 Å². The lowest BCUT2D eigenvalue weighted by atomic mass is 10.1. The van der Waals surface area contributed by atoms with E-state index in [0.29, 0.717) is 23.4 Å². The summed E-state index contributed by atoms with van der Waals surface area (Å²) >= 11 is 0. The van der Waals surface area contributed by atoms with E-state index in [4.69, 9.17) is 0 Å². The second-order valence-corrected chi connectivity index (χ2v) is 7.66. The molecule has 1 amide bonds. The zero-order valence-corrected chi connectivity index (χ0v) is 17.2. The molecule has 4 aromatic rings. The Labute approximate surface area is 178 Å². The number of hydrogen-bond donors (Lipinski definition) is 1. The molecule has 1 aliphatic heterocycles. The number of amides is 1. The minimum Gasteiger partial charge on any atom is -0.319 e. The maximum atomic E-state index is 14.5. The molecule has 0 unspecified atom stereocenters. The van der Waals surface area contributed by atoms with Gasteiger partial charge in [0.05, 0.1) is 11.2 Å². The van der Waals surface area contributed by atoms with Crippen molar-refractivity contribution in [3.05, 3.63) is 53.6 Å². The Kier molecular flexibility index (Phi) is 4.93. The van der Waals surface area contributed by atoms with Gasteiger partial charge in [-0.3, -0.25) is 4.79 Å². The van der Waals surface area contributed by atoms with Crippen molar-refractivity contribution in [2.75, 3.05) is 5.32 Å². The van der Waals surface area contributed by atoms with E-state index in [1.165, 1.54) is 6.07 Å². The lowest BCUT2D eigenvalue weighted by Gasteiger charge is -2.10. The van der Waals surface area contributed by atoms with Crippen LogP contribution in [0.5, 0.6) is 0 Å². The fourth-order valence-electron chi connectivity index (χ4n) is 4.00. The van der Waals surface area contributed by atoms with Crippen molar-refractivity contribution >= 4 is 22.6 Å². The van der Waals surface area contributed by atoms with E-state index in [1.807, 2.05) is 6.92 Å². The van der Waals surface area contributed by atoms with E-state index in [-0.39, 0.29) is 5.69 Å². The number of carbonyl (C=O) groups is 1. The first-order valence-corrected chi connectivity index (χ1v) is 10.5. The molecule has 0 atom stereocenters. The summed E-state index contributed by atoms with van der Waals surface area (Å²) in [5.41, 5.74) is 2.68. The SMILES string of the molecule is CCn1nnc2cc(C(=O)Nc3cc(-c4nnc5n4CCCCC5)ccc3F)ccc21. The van der Waals surface area contributed by atoms with Gasteiger partial charge in [0.15, 0.2) is 5.82 Å². The van der Waals surface area contributed by atoms with Crippen LogP contribution in [0.25, 0.3) is 22.4 Å². The van der Waals surface area contributed by atoms with Crippen molar-refractivity contribution in [2.24, 2.45) is 0 Å². The van der Waals surface area contributed by atoms with Gasteiger partial charge in [0.2, 0.25) is 0 Å². The second-order valence-electron chi connectivity index (χ2n) is 7.66. The molecule has 3 heterocycles. The van der Waals surface area contributed by atoms with Gasteiger partial charge in [-0.1, -0.05) is 11.6 Å². The van der Waals surface area contributed by atoms with Crippen LogP contribution < -0.4 is 5.32 Å². The lowest BCUT2D eigenvalue weighted by Crippen LogP contribution is -2.13. The molecule has 0 saturated carbocycles. The molecule has 8 nitrogen and oxygen atoms in total. The molecule has 0 spiro atoms. The quantitative estimate of drug-likeness (QED) is 0.543. The van der Waals surface area contributed by atoms with Crippen molar-refractivity contribution in [1.82, 2.24) is 29.8 Å². The highest BCUT2D eigenvalue weighted by atomic mass is 19.1. The van der Waals surface area contributed by atoms with Crippen LogP contribution in [0.15, 0.2) is 36.4 Å². The molecular formula is C22H22FN7O. The lowest BCUT2D eigenvalue weighted by molar-refractivity contribution is 0.102. The topological polar surface area (TPSA) is 90.5 Å². The number of hydrogen-bond acceptors (Lipinski definition) is 5. The van der Waals surface area contributed by atoms with Crippen LogP contribution in [0.1, 0.15) is 42.4 Å². The molecule has 158 valence electrons. The number of nitrogens with one attached hydrogen (secondary N) is 1. The Bertz CT molecular complexity index is 1280. The zero-order valence-electron chi connectivity index (χ0n) is 17.2. The first-order valence-electron chi connectivity index (χ1n) is 10.5. The number of anilines is 1. The van der Waals surface area contributed by atoms with Gasteiger partial charge >= 0.3 is 0 Å². The molecule has 0 fully saturated rings. The third-order valence-corrected chi connectivity index (χ3v) is 5.66. The van der Waals surface area contributed by atoms with Crippen molar-refractivity contribution < 1.29 is 9.18 Å². The first kappa shape index (κ1) is 19.3. The number of halogens is 1. The first-order chi connectivity index (χ1) is 15.1. The minimum absolute atomic E-state index is 0.103. The van der Waals surface area contributed by atoms with Crippen molar-refractivity contribution in [2.45, 2.75) is 45.7 Å². The molecule has 0 saturated heterocycles. The molecule has 2 aromatic carbocycles. The minimum atomic E-state index is -0.509. The Morgan fingerprint density at radius 2 is 2.00 bits per heavy atom. The van der Waals surface area contributed by atoms with Crippen molar-refractivity contribution in [1.29, 1.82) is 0 Å². The summed E-state index contributed by atoms with van der Waals surface area (Å²) in [7, 11) is 0. The molecule has 9 heteroatoms. The van der Waals surface area contributed by atoms with Crippen LogP contribution in [0.2, 0.25) is 0 Å². The van der Waals surface area contributed by atoms with E-state index in [0.717, 1.165) is 49.1 Å². The highest BCUT2D eigenvalue weighted by molar-refractivity contribution is 6.06. The Hall–Kier alpha value is -3.62. The second kappa shape index (κ2) is 7.90. The fourth-order valence-corrected chi connectivity index (χ4v) is 4.00. The van der Waals surface area contributed by atoms with Gasteiger partial charge in [0, 0.05) is 30.6 Å². The third kappa shape index (κ3) is 3.56. The smallest absolute Gasteiger partial charge is 0.255 e. The maximum Gasteiger partial charge on any atom is 0.255 e. The Morgan fingerprint density at radius 1 is 1.10 bits per heavy atom. The highest BCUT2D eigenvalue weighted by Gasteiger charge is 2.18. The summed E-state index contributed by atoms with van der Waals surface area (Å²) in [5, 5.41) is 19.5. The van der Waals surface area contributed by atoms with Gasteiger partial charge in [-0.05, 0) is 56.2 Å². The van der Waals surface area contributed by atoms with E-state index in [2.05, 4.69) is 30.4 Å². The van der Waals surface area contributed by atoms with Gasteiger partial charge < -0.3 is 9.88 Å². The summed E-state index contributed by atoms with van der Waals surface area (Å²) in [6.07, 6.45) is 4.21. The molecule has 5 rings (SSSR count). The third-order valence-electron chi connectivity index (χ3n) is 5.66. The van der Waals surface area contributed by atoms with Crippen LogP contribution in [0.3, 0.4) is 0 Å². The zero-order chi connectivity index (χ0) is 21.4. The van der Waals surface area contributed by atoms with Gasteiger partial charge in [-0.2, -0.15) is 0 Å². The maximum absolute atomic E-state index is 14.5. The Balaban J connectivity index is 1.43. The number of benzene rings is 2. The van der Waals surface area contributed by atoms with Gasteiger partial charge in [-0.15, -0.1) is 15.3 Å². The van der Waals surface area contributed by atoms with E-state index >= 15 is 0 Å². The van der Waals surface area contributed by atoms with Crippen LogP contribution >= 0.6 is 0 Å². The van der Waals surface area contributed by atoms with Crippen LogP contribution in [0, 0.1) is 5.82 Å². The summed E-state index contributed by atoms with van der Waals surface area (Å²) in [6, 6.07) is 9.77. The molecule has 1 aliphatic rings. The van der Waals surface area contributed by atoms with Crippen LogP contribution in [-0.2, 0) is 19.5 Å². The number of fused-ring (bicyclic) bond motifs is 2. The molecule has 1 N–H and O–H groups in total. The molecule has 0 radical (unpaired) electrons. The largest absolute Gasteiger partial charge is 0.319 e. The summed E-state index contributed by atoms with van der Waals surface area (Å²) < 4.78 is 18.4. The van der Waals surface area contributed by atoms with Gasteiger partial charge in [-0.25, -0.2) is 9.07 Å². The van der Waals surface area contributed by atoms with E-state index < -0.39 is 11.7 Å². The average Bonchev–Trinajstić information content (AvgIpc) is 3.31.